The predicted octanol–water partition coefficient (Wildman–Crippen LogP) is 1.71. The Hall–Kier alpha value is -2.89. The zero-order valence-electron chi connectivity index (χ0n) is 11.8. The minimum absolute atomic E-state index is 0.0928. The van der Waals surface area contributed by atoms with Gasteiger partial charge in [0.1, 0.15) is 11.5 Å². The van der Waals surface area contributed by atoms with Crippen molar-refractivity contribution < 1.29 is 14.3 Å². The normalized spacial score (nSPS) is 17.5. The van der Waals surface area contributed by atoms with E-state index in [4.69, 9.17) is 10.5 Å². The SMILES string of the molecule is NC(=O)C1CC(=O)N(c2ccc(Oc3cccnc3)cc2)C1. The Morgan fingerprint density at radius 2 is 2.00 bits per heavy atom. The zero-order chi connectivity index (χ0) is 15.5. The Kier molecular flexibility index (Phi) is 3.74. The van der Waals surface area contributed by atoms with Gasteiger partial charge in [-0.3, -0.25) is 14.6 Å². The lowest BCUT2D eigenvalue weighted by Crippen LogP contribution is -2.28. The van der Waals surface area contributed by atoms with Gasteiger partial charge in [-0.15, -0.1) is 0 Å². The van der Waals surface area contributed by atoms with Gasteiger partial charge in [0, 0.05) is 24.8 Å². The first kappa shape index (κ1) is 14.1. The van der Waals surface area contributed by atoms with Gasteiger partial charge in [0.25, 0.3) is 0 Å². The predicted molar refractivity (Wildman–Crippen MR) is 80.4 cm³/mol. The molecule has 0 spiro atoms. The summed E-state index contributed by atoms with van der Waals surface area (Å²) >= 11 is 0. The molecule has 1 aliphatic heterocycles. The minimum Gasteiger partial charge on any atom is -0.456 e. The number of hydrogen-bond acceptors (Lipinski definition) is 4. The number of amides is 2. The number of hydrogen-bond donors (Lipinski definition) is 1. The fourth-order valence-electron chi connectivity index (χ4n) is 2.39. The number of anilines is 1. The van der Waals surface area contributed by atoms with Gasteiger partial charge in [0.05, 0.1) is 12.1 Å². The van der Waals surface area contributed by atoms with Crippen LogP contribution in [-0.2, 0) is 9.59 Å². The Morgan fingerprint density at radius 3 is 2.59 bits per heavy atom. The van der Waals surface area contributed by atoms with Gasteiger partial charge in [-0.1, -0.05) is 0 Å². The van der Waals surface area contributed by atoms with Crippen LogP contribution in [0.1, 0.15) is 6.42 Å². The molecule has 2 amide bonds. The molecule has 1 saturated heterocycles. The first-order valence-corrected chi connectivity index (χ1v) is 6.91. The highest BCUT2D eigenvalue weighted by molar-refractivity contribution is 6.00. The molecule has 1 unspecified atom stereocenters. The van der Waals surface area contributed by atoms with E-state index in [0.717, 1.165) is 5.69 Å². The molecule has 0 bridgehead atoms. The smallest absolute Gasteiger partial charge is 0.227 e. The molecule has 0 aliphatic carbocycles. The maximum atomic E-state index is 11.9. The van der Waals surface area contributed by atoms with Crippen molar-refractivity contribution in [2.75, 3.05) is 11.4 Å². The van der Waals surface area contributed by atoms with Crippen LogP contribution in [0, 0.1) is 5.92 Å². The first-order chi connectivity index (χ1) is 10.6. The molecule has 112 valence electrons. The van der Waals surface area contributed by atoms with E-state index in [1.807, 2.05) is 6.07 Å². The lowest BCUT2D eigenvalue weighted by Gasteiger charge is -2.16. The van der Waals surface area contributed by atoms with E-state index in [9.17, 15) is 9.59 Å². The van der Waals surface area contributed by atoms with E-state index < -0.39 is 11.8 Å². The second-order valence-electron chi connectivity index (χ2n) is 5.09. The molecule has 2 N–H and O–H groups in total. The number of primary amides is 1. The molecule has 1 aliphatic rings. The Bertz CT molecular complexity index is 686. The number of pyridine rings is 1. The highest BCUT2D eigenvalue weighted by Crippen LogP contribution is 2.28. The third-order valence-corrected chi connectivity index (χ3v) is 3.55. The molecule has 6 nitrogen and oxygen atoms in total. The van der Waals surface area contributed by atoms with E-state index in [0.29, 0.717) is 18.0 Å². The van der Waals surface area contributed by atoms with Crippen molar-refractivity contribution in [1.29, 1.82) is 0 Å². The quantitative estimate of drug-likeness (QED) is 0.931. The second kappa shape index (κ2) is 5.85. The van der Waals surface area contributed by atoms with E-state index in [1.54, 1.807) is 47.6 Å². The largest absolute Gasteiger partial charge is 0.456 e. The van der Waals surface area contributed by atoms with Crippen LogP contribution in [0.25, 0.3) is 0 Å². The van der Waals surface area contributed by atoms with Crippen LogP contribution in [0.4, 0.5) is 5.69 Å². The fourth-order valence-corrected chi connectivity index (χ4v) is 2.39. The summed E-state index contributed by atoms with van der Waals surface area (Å²) in [7, 11) is 0. The topological polar surface area (TPSA) is 85.5 Å². The molecule has 2 heterocycles. The number of benzene rings is 1. The van der Waals surface area contributed by atoms with E-state index in [2.05, 4.69) is 4.98 Å². The van der Waals surface area contributed by atoms with Crippen molar-refractivity contribution in [3.8, 4) is 11.5 Å². The van der Waals surface area contributed by atoms with Gasteiger partial charge in [0.15, 0.2) is 0 Å². The van der Waals surface area contributed by atoms with Gasteiger partial charge in [-0.2, -0.15) is 0 Å². The summed E-state index contributed by atoms with van der Waals surface area (Å²) in [6, 6.07) is 10.7. The summed E-state index contributed by atoms with van der Waals surface area (Å²) in [6.45, 7) is 0.330. The number of ether oxygens (including phenoxy) is 1. The van der Waals surface area contributed by atoms with Crippen LogP contribution in [0.15, 0.2) is 48.8 Å². The monoisotopic (exact) mass is 297 g/mol. The lowest BCUT2D eigenvalue weighted by atomic mass is 10.1. The maximum Gasteiger partial charge on any atom is 0.227 e. The number of carbonyl (C=O) groups excluding carboxylic acids is 2. The summed E-state index contributed by atoms with van der Waals surface area (Å²) in [4.78, 5) is 28.7. The molecule has 1 fully saturated rings. The number of nitrogens with zero attached hydrogens (tertiary/aromatic N) is 2. The molecule has 22 heavy (non-hydrogen) atoms. The molecule has 1 atom stereocenters. The van der Waals surface area contributed by atoms with Crippen molar-refractivity contribution >= 4 is 17.5 Å². The van der Waals surface area contributed by atoms with Crippen molar-refractivity contribution in [3.05, 3.63) is 48.8 Å². The van der Waals surface area contributed by atoms with Crippen LogP contribution in [0.3, 0.4) is 0 Å². The van der Waals surface area contributed by atoms with Crippen LogP contribution in [0.5, 0.6) is 11.5 Å². The average molecular weight is 297 g/mol. The standard InChI is InChI=1S/C16H15N3O3/c17-16(21)11-8-15(20)19(10-11)12-3-5-13(6-4-12)22-14-2-1-7-18-9-14/h1-7,9,11H,8,10H2,(H2,17,21). The zero-order valence-corrected chi connectivity index (χ0v) is 11.8. The van der Waals surface area contributed by atoms with Crippen molar-refractivity contribution in [2.24, 2.45) is 11.7 Å². The summed E-state index contributed by atoms with van der Waals surface area (Å²) in [6.07, 6.45) is 3.46. The van der Waals surface area contributed by atoms with E-state index >= 15 is 0 Å². The van der Waals surface area contributed by atoms with Gasteiger partial charge in [0.2, 0.25) is 11.8 Å². The van der Waals surface area contributed by atoms with Gasteiger partial charge in [-0.05, 0) is 36.4 Å². The van der Waals surface area contributed by atoms with E-state index in [-0.39, 0.29) is 12.3 Å². The molecular formula is C16H15N3O3. The molecular weight excluding hydrogens is 282 g/mol. The number of carbonyl (C=O) groups is 2. The number of aromatic nitrogens is 1. The van der Waals surface area contributed by atoms with Crippen LogP contribution in [0.2, 0.25) is 0 Å². The van der Waals surface area contributed by atoms with Gasteiger partial charge < -0.3 is 15.4 Å². The summed E-state index contributed by atoms with van der Waals surface area (Å²) in [5.74, 6) is 0.340. The van der Waals surface area contributed by atoms with Crippen LogP contribution in [-0.4, -0.2) is 23.3 Å². The number of nitrogens with two attached hydrogens (primary N) is 1. The van der Waals surface area contributed by atoms with Crippen LogP contribution < -0.4 is 15.4 Å². The van der Waals surface area contributed by atoms with Crippen molar-refractivity contribution in [1.82, 2.24) is 4.98 Å². The average Bonchev–Trinajstić information content (AvgIpc) is 2.91. The van der Waals surface area contributed by atoms with Crippen molar-refractivity contribution in [2.45, 2.75) is 6.42 Å². The van der Waals surface area contributed by atoms with Gasteiger partial charge >= 0.3 is 0 Å². The lowest BCUT2D eigenvalue weighted by molar-refractivity contribution is -0.123. The van der Waals surface area contributed by atoms with E-state index in [1.165, 1.54) is 0 Å². The Morgan fingerprint density at radius 1 is 1.23 bits per heavy atom. The minimum atomic E-state index is -0.438. The third kappa shape index (κ3) is 2.90. The Labute approximate surface area is 127 Å². The summed E-state index contributed by atoms with van der Waals surface area (Å²) < 4.78 is 5.64. The van der Waals surface area contributed by atoms with Crippen molar-refractivity contribution in [3.63, 3.8) is 0 Å². The molecule has 1 aromatic heterocycles. The molecule has 6 heteroatoms. The van der Waals surface area contributed by atoms with Crippen LogP contribution >= 0.6 is 0 Å². The third-order valence-electron chi connectivity index (χ3n) is 3.55. The fraction of sp³-hybridized carbons (Fsp3) is 0.188. The molecule has 0 radical (unpaired) electrons. The second-order valence-corrected chi connectivity index (χ2v) is 5.09. The highest BCUT2D eigenvalue weighted by Gasteiger charge is 2.33. The van der Waals surface area contributed by atoms with Gasteiger partial charge in [-0.25, -0.2) is 0 Å². The number of rotatable bonds is 4. The molecule has 1 aromatic carbocycles. The summed E-state index contributed by atoms with van der Waals surface area (Å²) in [5.41, 5.74) is 6.00. The molecule has 2 aromatic rings. The molecule has 0 saturated carbocycles. The first-order valence-electron chi connectivity index (χ1n) is 6.91. The highest BCUT2D eigenvalue weighted by atomic mass is 16.5. The Balaban J connectivity index is 1.72. The summed E-state index contributed by atoms with van der Waals surface area (Å²) in [5, 5.41) is 0. The maximum absolute atomic E-state index is 11.9. The molecule has 3 rings (SSSR count).